The van der Waals surface area contributed by atoms with Gasteiger partial charge >= 0.3 is 0 Å². The Bertz CT molecular complexity index is 1540. The van der Waals surface area contributed by atoms with Crippen LogP contribution in [0.3, 0.4) is 0 Å². The summed E-state index contributed by atoms with van der Waals surface area (Å²) in [7, 11) is 1.55. The molecule has 180 valence electrons. The van der Waals surface area contributed by atoms with Crippen LogP contribution in [-0.4, -0.2) is 7.11 Å². The molecule has 0 bridgehead atoms. The molecule has 36 heavy (non-hydrogen) atoms. The van der Waals surface area contributed by atoms with Crippen LogP contribution in [0.2, 0.25) is 0 Å². The summed E-state index contributed by atoms with van der Waals surface area (Å²) in [6.45, 7) is 1.73. The number of fused-ring (bicyclic) bond motifs is 1. The highest BCUT2D eigenvalue weighted by atomic mass is 16.5. The van der Waals surface area contributed by atoms with Gasteiger partial charge in [0.2, 0.25) is 0 Å². The predicted molar refractivity (Wildman–Crippen MR) is 141 cm³/mol. The summed E-state index contributed by atoms with van der Waals surface area (Å²) in [6, 6.07) is 24.6. The van der Waals surface area contributed by atoms with Gasteiger partial charge in [0.1, 0.15) is 40.1 Å². The lowest BCUT2D eigenvalue weighted by Gasteiger charge is -2.14. The highest BCUT2D eigenvalue weighted by Gasteiger charge is 2.16. The van der Waals surface area contributed by atoms with E-state index < -0.39 is 0 Å². The van der Waals surface area contributed by atoms with Gasteiger partial charge in [0.15, 0.2) is 5.43 Å². The van der Waals surface area contributed by atoms with Crippen molar-refractivity contribution in [3.63, 3.8) is 0 Å². The Morgan fingerprint density at radius 3 is 1.72 bits per heavy atom. The SMILES string of the molecule is COc1ccc2oc(-c3cc(Oc4ccc(N)cc4)cc(Oc4ccc(N)cc4)c3)c(C)c(=O)c2c1. The van der Waals surface area contributed by atoms with Gasteiger partial charge in [-0.05, 0) is 85.8 Å². The van der Waals surface area contributed by atoms with E-state index >= 15 is 0 Å². The lowest BCUT2D eigenvalue weighted by atomic mass is 10.0. The summed E-state index contributed by atoms with van der Waals surface area (Å²) in [5.74, 6) is 3.20. The molecule has 0 spiro atoms. The zero-order valence-corrected chi connectivity index (χ0v) is 19.8. The second kappa shape index (κ2) is 9.38. The molecule has 0 aliphatic rings. The molecule has 7 nitrogen and oxygen atoms in total. The molecule has 0 saturated heterocycles. The van der Waals surface area contributed by atoms with E-state index in [2.05, 4.69) is 0 Å². The first-order chi connectivity index (χ1) is 17.4. The van der Waals surface area contributed by atoms with E-state index in [9.17, 15) is 4.79 Å². The molecule has 4 N–H and O–H groups in total. The first-order valence-corrected chi connectivity index (χ1v) is 11.2. The number of methoxy groups -OCH3 is 1. The molecule has 0 radical (unpaired) electrons. The molecule has 0 aliphatic heterocycles. The first-order valence-electron chi connectivity index (χ1n) is 11.2. The molecule has 0 saturated carbocycles. The van der Waals surface area contributed by atoms with Crippen molar-refractivity contribution in [3.05, 3.63) is 101 Å². The van der Waals surface area contributed by atoms with Crippen LogP contribution in [0.1, 0.15) is 5.56 Å². The number of nitrogen functional groups attached to an aromatic ring is 2. The molecule has 5 rings (SSSR count). The minimum absolute atomic E-state index is 0.143. The van der Waals surface area contributed by atoms with Crippen molar-refractivity contribution in [1.29, 1.82) is 0 Å². The van der Waals surface area contributed by atoms with Crippen LogP contribution in [0.25, 0.3) is 22.3 Å². The van der Waals surface area contributed by atoms with Crippen LogP contribution in [0.5, 0.6) is 28.7 Å². The molecule has 0 aliphatic carbocycles. The second-order valence-corrected chi connectivity index (χ2v) is 8.28. The van der Waals surface area contributed by atoms with Crippen LogP contribution in [0, 0.1) is 6.92 Å². The Labute approximate surface area is 207 Å². The summed E-state index contributed by atoms with van der Waals surface area (Å²) < 4.78 is 23.6. The molecule has 7 heteroatoms. The third kappa shape index (κ3) is 4.67. The monoisotopic (exact) mass is 480 g/mol. The Morgan fingerprint density at radius 2 is 1.19 bits per heavy atom. The molecule has 4 aromatic carbocycles. The molecular weight excluding hydrogens is 456 g/mol. The molecule has 0 amide bonds. The fourth-order valence-electron chi connectivity index (χ4n) is 3.83. The van der Waals surface area contributed by atoms with Gasteiger partial charge in [0, 0.05) is 28.6 Å². The zero-order chi connectivity index (χ0) is 25.2. The number of anilines is 2. The van der Waals surface area contributed by atoms with Crippen molar-refractivity contribution in [1.82, 2.24) is 0 Å². The van der Waals surface area contributed by atoms with Gasteiger partial charge in [0.25, 0.3) is 0 Å². The maximum Gasteiger partial charge on any atom is 0.196 e. The topological polar surface area (TPSA) is 110 Å². The fourth-order valence-corrected chi connectivity index (χ4v) is 3.83. The van der Waals surface area contributed by atoms with Crippen molar-refractivity contribution < 1.29 is 18.6 Å². The van der Waals surface area contributed by atoms with Gasteiger partial charge in [-0.25, -0.2) is 0 Å². The lowest BCUT2D eigenvalue weighted by Crippen LogP contribution is -2.07. The van der Waals surface area contributed by atoms with Gasteiger partial charge in [-0.3, -0.25) is 4.79 Å². The van der Waals surface area contributed by atoms with E-state index in [1.54, 1.807) is 99.0 Å². The molecule has 1 heterocycles. The van der Waals surface area contributed by atoms with Crippen LogP contribution in [-0.2, 0) is 0 Å². The number of hydrogen-bond donors (Lipinski definition) is 2. The summed E-state index contributed by atoms with van der Waals surface area (Å²) >= 11 is 0. The first kappa shape index (κ1) is 22.9. The van der Waals surface area contributed by atoms with Gasteiger partial charge in [-0.15, -0.1) is 0 Å². The van der Waals surface area contributed by atoms with Crippen molar-refractivity contribution in [2.24, 2.45) is 0 Å². The van der Waals surface area contributed by atoms with E-state index in [-0.39, 0.29) is 5.43 Å². The van der Waals surface area contributed by atoms with Crippen molar-refractivity contribution in [2.75, 3.05) is 18.6 Å². The van der Waals surface area contributed by atoms with E-state index in [0.29, 0.717) is 68.0 Å². The van der Waals surface area contributed by atoms with Crippen LogP contribution in [0.4, 0.5) is 11.4 Å². The highest BCUT2D eigenvalue weighted by Crippen LogP contribution is 2.36. The third-order valence-corrected chi connectivity index (χ3v) is 5.70. The highest BCUT2D eigenvalue weighted by molar-refractivity contribution is 5.82. The van der Waals surface area contributed by atoms with E-state index in [1.165, 1.54) is 0 Å². The Balaban J connectivity index is 1.62. The van der Waals surface area contributed by atoms with Crippen molar-refractivity contribution in [3.8, 4) is 40.1 Å². The number of rotatable bonds is 6. The summed E-state index contributed by atoms with van der Waals surface area (Å²) in [4.78, 5) is 13.2. The Hall–Kier alpha value is -4.91. The quantitative estimate of drug-likeness (QED) is 0.266. The normalized spacial score (nSPS) is 10.8. The standard InChI is InChI=1S/C29H24N2O5/c1-17-28(32)26-16-23(33-2)11-12-27(26)36-29(17)18-13-24(34-21-7-3-19(30)4-8-21)15-25(14-18)35-22-9-5-20(31)6-10-22/h3-16H,30-31H2,1-2H3. The minimum Gasteiger partial charge on any atom is -0.497 e. The number of ether oxygens (including phenoxy) is 3. The fraction of sp³-hybridized carbons (Fsp3) is 0.0690. The van der Waals surface area contributed by atoms with Gasteiger partial charge in [-0.2, -0.15) is 0 Å². The van der Waals surface area contributed by atoms with Gasteiger partial charge < -0.3 is 30.1 Å². The maximum atomic E-state index is 13.2. The van der Waals surface area contributed by atoms with Crippen molar-refractivity contribution >= 4 is 22.3 Å². The maximum absolute atomic E-state index is 13.2. The smallest absolute Gasteiger partial charge is 0.196 e. The molecule has 0 fully saturated rings. The predicted octanol–water partition coefficient (Wildman–Crippen LogP) is 6.53. The molecule has 0 unspecified atom stereocenters. The largest absolute Gasteiger partial charge is 0.497 e. The third-order valence-electron chi connectivity index (χ3n) is 5.70. The van der Waals surface area contributed by atoms with E-state index in [1.807, 2.05) is 0 Å². The number of benzene rings is 4. The Kier molecular flexibility index (Phi) is 5.96. The van der Waals surface area contributed by atoms with Crippen LogP contribution < -0.4 is 31.1 Å². The summed E-state index contributed by atoms with van der Waals surface area (Å²) in [6.07, 6.45) is 0. The summed E-state index contributed by atoms with van der Waals surface area (Å²) in [5.41, 5.74) is 14.3. The molecule has 1 aromatic heterocycles. The average Bonchev–Trinajstić information content (AvgIpc) is 2.88. The number of nitrogens with two attached hydrogens (primary N) is 2. The molecule has 5 aromatic rings. The van der Waals surface area contributed by atoms with Gasteiger partial charge in [0.05, 0.1) is 12.5 Å². The second-order valence-electron chi connectivity index (χ2n) is 8.28. The van der Waals surface area contributed by atoms with Crippen molar-refractivity contribution in [2.45, 2.75) is 6.92 Å². The van der Waals surface area contributed by atoms with E-state index in [4.69, 9.17) is 30.1 Å². The summed E-state index contributed by atoms with van der Waals surface area (Å²) in [5, 5.41) is 0.447. The van der Waals surface area contributed by atoms with Gasteiger partial charge in [-0.1, -0.05) is 0 Å². The van der Waals surface area contributed by atoms with E-state index in [0.717, 1.165) is 0 Å². The zero-order valence-electron chi connectivity index (χ0n) is 19.8. The molecule has 0 atom stereocenters. The van der Waals surface area contributed by atoms with Crippen LogP contribution >= 0.6 is 0 Å². The molecular formula is C29H24N2O5. The minimum atomic E-state index is -0.143. The number of hydrogen-bond acceptors (Lipinski definition) is 7. The Morgan fingerprint density at radius 1 is 0.667 bits per heavy atom. The lowest BCUT2D eigenvalue weighted by molar-refractivity contribution is 0.415. The average molecular weight is 481 g/mol. The van der Waals surface area contributed by atoms with Crippen LogP contribution in [0.15, 0.2) is 94.1 Å².